The first kappa shape index (κ1) is 12.4. The van der Waals surface area contributed by atoms with Gasteiger partial charge in [-0.25, -0.2) is 15.8 Å². The summed E-state index contributed by atoms with van der Waals surface area (Å²) in [5.74, 6) is 6.72. The molecular weight excluding hydrogens is 226 g/mol. The summed E-state index contributed by atoms with van der Waals surface area (Å²) in [5.41, 5.74) is 4.39. The summed E-state index contributed by atoms with van der Waals surface area (Å²) in [6.45, 7) is 6.31. The minimum atomic E-state index is -0.0592. The molecule has 0 saturated heterocycles. The van der Waals surface area contributed by atoms with Crippen molar-refractivity contribution >= 4 is 5.82 Å². The number of nitrogens with zero attached hydrogens (tertiary/aromatic N) is 3. The third-order valence-corrected chi connectivity index (χ3v) is 2.58. The molecule has 0 saturated carbocycles. The Morgan fingerprint density at radius 3 is 2.33 bits per heavy atom. The van der Waals surface area contributed by atoms with Crippen LogP contribution < -0.4 is 11.3 Å². The maximum atomic E-state index is 5.46. The average molecular weight is 243 g/mol. The Morgan fingerprint density at radius 1 is 1.11 bits per heavy atom. The van der Waals surface area contributed by atoms with Crippen molar-refractivity contribution in [3.8, 4) is 11.4 Å². The predicted octanol–water partition coefficient (Wildman–Crippen LogP) is 2.12. The molecule has 0 aromatic carbocycles. The van der Waals surface area contributed by atoms with Crippen LogP contribution in [0.25, 0.3) is 11.4 Å². The molecule has 5 heteroatoms. The Labute approximate surface area is 106 Å². The molecule has 0 radical (unpaired) electrons. The van der Waals surface area contributed by atoms with Gasteiger partial charge >= 0.3 is 0 Å². The summed E-state index contributed by atoms with van der Waals surface area (Å²) in [6.07, 6.45) is 3.44. The standard InChI is InChI=1S/C13H17N5/c1-13(2,3)10-8-11(18-14)17-12(16-10)9-4-6-15-7-5-9/h4-8H,14H2,1-3H3,(H,16,17,18). The average Bonchev–Trinajstić information content (AvgIpc) is 2.38. The quantitative estimate of drug-likeness (QED) is 0.624. The highest BCUT2D eigenvalue weighted by Crippen LogP contribution is 2.25. The lowest BCUT2D eigenvalue weighted by atomic mass is 9.92. The number of nitrogen functional groups attached to an aromatic ring is 1. The number of aromatic nitrogens is 3. The molecule has 0 unspecified atom stereocenters. The molecule has 2 aromatic rings. The van der Waals surface area contributed by atoms with Crippen molar-refractivity contribution in [2.45, 2.75) is 26.2 Å². The van der Waals surface area contributed by atoms with Gasteiger partial charge in [0, 0.05) is 29.4 Å². The summed E-state index contributed by atoms with van der Waals surface area (Å²) < 4.78 is 0. The maximum Gasteiger partial charge on any atom is 0.161 e. The van der Waals surface area contributed by atoms with Crippen LogP contribution in [-0.4, -0.2) is 15.0 Å². The van der Waals surface area contributed by atoms with Crippen LogP contribution in [-0.2, 0) is 5.41 Å². The molecule has 0 aliphatic heterocycles. The fourth-order valence-electron chi connectivity index (χ4n) is 1.54. The fraction of sp³-hybridized carbons (Fsp3) is 0.308. The number of anilines is 1. The highest BCUT2D eigenvalue weighted by atomic mass is 15.3. The number of pyridine rings is 1. The zero-order chi connectivity index (χ0) is 13.2. The van der Waals surface area contributed by atoms with E-state index in [0.717, 1.165) is 11.3 Å². The lowest BCUT2D eigenvalue weighted by Gasteiger charge is -2.19. The first-order valence-electron chi connectivity index (χ1n) is 5.77. The monoisotopic (exact) mass is 243 g/mol. The molecule has 0 aliphatic rings. The molecule has 2 heterocycles. The summed E-state index contributed by atoms with van der Waals surface area (Å²) in [6, 6.07) is 5.62. The molecule has 3 N–H and O–H groups in total. The molecule has 2 aromatic heterocycles. The van der Waals surface area contributed by atoms with Gasteiger partial charge in [0.2, 0.25) is 0 Å². The molecule has 2 rings (SSSR count). The van der Waals surface area contributed by atoms with E-state index >= 15 is 0 Å². The van der Waals surface area contributed by atoms with Crippen molar-refractivity contribution in [3.63, 3.8) is 0 Å². The molecule has 5 nitrogen and oxygen atoms in total. The van der Waals surface area contributed by atoms with Crippen molar-refractivity contribution in [2.75, 3.05) is 5.43 Å². The number of rotatable bonds is 2. The first-order valence-corrected chi connectivity index (χ1v) is 5.77. The third-order valence-electron chi connectivity index (χ3n) is 2.58. The van der Waals surface area contributed by atoms with Gasteiger partial charge < -0.3 is 5.43 Å². The molecule has 0 bridgehead atoms. The summed E-state index contributed by atoms with van der Waals surface area (Å²) in [7, 11) is 0. The SMILES string of the molecule is CC(C)(C)c1cc(NN)nc(-c2ccncc2)n1. The normalized spacial score (nSPS) is 11.3. The summed E-state index contributed by atoms with van der Waals surface area (Å²) >= 11 is 0. The molecule has 0 amide bonds. The van der Waals surface area contributed by atoms with Crippen LogP contribution >= 0.6 is 0 Å². The largest absolute Gasteiger partial charge is 0.308 e. The van der Waals surface area contributed by atoms with Crippen molar-refractivity contribution in [2.24, 2.45) is 5.84 Å². The Kier molecular flexibility index (Phi) is 3.25. The van der Waals surface area contributed by atoms with Gasteiger partial charge in [0.25, 0.3) is 0 Å². The zero-order valence-corrected chi connectivity index (χ0v) is 10.8. The number of nitrogens with two attached hydrogens (primary N) is 1. The van der Waals surface area contributed by atoms with Crippen molar-refractivity contribution in [3.05, 3.63) is 36.3 Å². The van der Waals surface area contributed by atoms with E-state index in [-0.39, 0.29) is 5.41 Å². The highest BCUT2D eigenvalue weighted by Gasteiger charge is 2.18. The van der Waals surface area contributed by atoms with Gasteiger partial charge in [-0.1, -0.05) is 20.8 Å². The molecule has 94 valence electrons. The van der Waals surface area contributed by atoms with Gasteiger partial charge in [-0.2, -0.15) is 0 Å². The second-order valence-corrected chi connectivity index (χ2v) is 5.09. The molecule has 0 fully saturated rings. The van der Waals surface area contributed by atoms with E-state index in [4.69, 9.17) is 5.84 Å². The second-order valence-electron chi connectivity index (χ2n) is 5.09. The second kappa shape index (κ2) is 4.70. The number of hydrogen-bond donors (Lipinski definition) is 2. The van der Waals surface area contributed by atoms with Crippen LogP contribution in [0.4, 0.5) is 5.82 Å². The number of hydrogen-bond acceptors (Lipinski definition) is 5. The van der Waals surface area contributed by atoms with E-state index in [9.17, 15) is 0 Å². The van der Waals surface area contributed by atoms with Crippen molar-refractivity contribution in [1.82, 2.24) is 15.0 Å². The molecule has 18 heavy (non-hydrogen) atoms. The van der Waals surface area contributed by atoms with Gasteiger partial charge in [0.05, 0.1) is 5.69 Å². The Hall–Kier alpha value is -2.01. The van der Waals surface area contributed by atoms with Crippen LogP contribution in [0.1, 0.15) is 26.5 Å². The molecular formula is C13H17N5. The Balaban J connectivity index is 2.55. The fourth-order valence-corrected chi connectivity index (χ4v) is 1.54. The van der Waals surface area contributed by atoms with Crippen LogP contribution in [0.15, 0.2) is 30.6 Å². The third kappa shape index (κ3) is 2.62. The Bertz CT molecular complexity index is 531. The van der Waals surface area contributed by atoms with Gasteiger partial charge in [-0.05, 0) is 12.1 Å². The lowest BCUT2D eigenvalue weighted by molar-refractivity contribution is 0.568. The molecule has 0 spiro atoms. The molecule has 0 aliphatic carbocycles. The highest BCUT2D eigenvalue weighted by molar-refractivity contribution is 5.57. The summed E-state index contributed by atoms with van der Waals surface area (Å²) in [4.78, 5) is 12.9. The van der Waals surface area contributed by atoms with Crippen LogP contribution in [0, 0.1) is 0 Å². The van der Waals surface area contributed by atoms with Gasteiger partial charge in [-0.15, -0.1) is 0 Å². The smallest absolute Gasteiger partial charge is 0.161 e. The van der Waals surface area contributed by atoms with Crippen LogP contribution in [0.5, 0.6) is 0 Å². The molecule has 0 atom stereocenters. The van der Waals surface area contributed by atoms with Gasteiger partial charge in [0.1, 0.15) is 5.82 Å². The van der Waals surface area contributed by atoms with Crippen LogP contribution in [0.2, 0.25) is 0 Å². The van der Waals surface area contributed by atoms with E-state index in [1.807, 2.05) is 18.2 Å². The van der Waals surface area contributed by atoms with E-state index in [2.05, 4.69) is 41.1 Å². The van der Waals surface area contributed by atoms with E-state index in [1.165, 1.54) is 0 Å². The number of hydrazine groups is 1. The van der Waals surface area contributed by atoms with E-state index in [1.54, 1.807) is 12.4 Å². The zero-order valence-electron chi connectivity index (χ0n) is 10.8. The maximum absolute atomic E-state index is 5.46. The summed E-state index contributed by atoms with van der Waals surface area (Å²) in [5, 5.41) is 0. The minimum Gasteiger partial charge on any atom is -0.308 e. The Morgan fingerprint density at radius 2 is 1.78 bits per heavy atom. The first-order chi connectivity index (χ1) is 8.50. The van der Waals surface area contributed by atoms with E-state index in [0.29, 0.717) is 11.6 Å². The predicted molar refractivity (Wildman–Crippen MR) is 71.8 cm³/mol. The van der Waals surface area contributed by atoms with Gasteiger partial charge in [0.15, 0.2) is 5.82 Å². The van der Waals surface area contributed by atoms with E-state index < -0.39 is 0 Å². The van der Waals surface area contributed by atoms with Crippen molar-refractivity contribution in [1.29, 1.82) is 0 Å². The van der Waals surface area contributed by atoms with Gasteiger partial charge in [-0.3, -0.25) is 4.98 Å². The minimum absolute atomic E-state index is 0.0592. The topological polar surface area (TPSA) is 76.7 Å². The number of nitrogens with one attached hydrogen (secondary N) is 1. The van der Waals surface area contributed by atoms with Crippen molar-refractivity contribution < 1.29 is 0 Å². The van der Waals surface area contributed by atoms with Crippen LogP contribution in [0.3, 0.4) is 0 Å². The lowest BCUT2D eigenvalue weighted by Crippen LogP contribution is -2.17.